The maximum absolute atomic E-state index is 12.1. The molecule has 3 aromatic rings. The molecular weight excluding hydrogens is 483 g/mol. The van der Waals surface area contributed by atoms with Crippen LogP contribution in [0.5, 0.6) is 0 Å². The van der Waals surface area contributed by atoms with Crippen LogP contribution in [0.15, 0.2) is 68.6 Å². The molecule has 4 nitrogen and oxygen atoms in total. The molecule has 0 aliphatic carbocycles. The van der Waals surface area contributed by atoms with E-state index in [0.717, 1.165) is 19.0 Å². The van der Waals surface area contributed by atoms with Gasteiger partial charge in [0.2, 0.25) is 0 Å². The Kier molecular flexibility index (Phi) is 5.47. The van der Waals surface area contributed by atoms with Gasteiger partial charge in [0.15, 0.2) is 5.76 Å². The third-order valence-electron chi connectivity index (χ3n) is 3.20. The Hall–Kier alpha value is -1.93. The molecular formula is C18H12BrIN2O2. The third kappa shape index (κ3) is 4.12. The van der Waals surface area contributed by atoms with Crippen molar-refractivity contribution in [1.29, 1.82) is 0 Å². The molecule has 0 atom stereocenters. The summed E-state index contributed by atoms with van der Waals surface area (Å²) < 4.78 is 7.55. The quantitative estimate of drug-likeness (QED) is 0.307. The van der Waals surface area contributed by atoms with Gasteiger partial charge in [0.25, 0.3) is 0 Å². The highest BCUT2D eigenvalue weighted by Gasteiger charge is 2.12. The average molecular weight is 495 g/mol. The molecule has 6 heteroatoms. The standard InChI is InChI=1S/C18H12BrIN2O2/c19-14-9-13-10-17(24-16(13)11-15(14)20)18(23)22-21-8-4-7-12-5-2-1-3-6-12/h1-11H,(H,22,23)/b7-4+,21-8-. The first kappa shape index (κ1) is 16.9. The van der Waals surface area contributed by atoms with Gasteiger partial charge in [0, 0.05) is 19.6 Å². The topological polar surface area (TPSA) is 54.6 Å². The molecule has 120 valence electrons. The largest absolute Gasteiger partial charge is 0.451 e. The molecule has 0 unspecified atom stereocenters. The molecule has 1 N–H and O–H groups in total. The van der Waals surface area contributed by atoms with Crippen molar-refractivity contribution in [3.05, 3.63) is 74.0 Å². The Morgan fingerprint density at radius 2 is 2.00 bits per heavy atom. The lowest BCUT2D eigenvalue weighted by atomic mass is 10.2. The Balaban J connectivity index is 1.65. The normalized spacial score (nSPS) is 11.6. The van der Waals surface area contributed by atoms with Crippen LogP contribution in [0.25, 0.3) is 17.0 Å². The average Bonchev–Trinajstić information content (AvgIpc) is 2.98. The summed E-state index contributed by atoms with van der Waals surface area (Å²) in [6.45, 7) is 0. The zero-order chi connectivity index (χ0) is 16.9. The minimum Gasteiger partial charge on any atom is -0.451 e. The summed E-state index contributed by atoms with van der Waals surface area (Å²) in [6.07, 6.45) is 5.18. The van der Waals surface area contributed by atoms with Gasteiger partial charge in [0.05, 0.1) is 0 Å². The SMILES string of the molecule is O=C(N/N=C\C=C\c1ccccc1)c1cc2cc(Br)c(I)cc2o1. The van der Waals surface area contributed by atoms with Crippen molar-refractivity contribution in [3.63, 3.8) is 0 Å². The van der Waals surface area contributed by atoms with Crippen molar-refractivity contribution in [2.45, 2.75) is 0 Å². The van der Waals surface area contributed by atoms with Crippen LogP contribution in [0.1, 0.15) is 16.1 Å². The van der Waals surface area contributed by atoms with Gasteiger partial charge < -0.3 is 4.42 Å². The van der Waals surface area contributed by atoms with Crippen LogP contribution in [-0.2, 0) is 0 Å². The fraction of sp³-hybridized carbons (Fsp3) is 0. The number of benzene rings is 2. The summed E-state index contributed by atoms with van der Waals surface area (Å²) in [5, 5.41) is 4.75. The van der Waals surface area contributed by atoms with Crippen molar-refractivity contribution < 1.29 is 9.21 Å². The summed E-state index contributed by atoms with van der Waals surface area (Å²) in [5.41, 5.74) is 4.18. The van der Waals surface area contributed by atoms with Crippen LogP contribution in [0.4, 0.5) is 0 Å². The molecule has 1 amide bonds. The molecule has 1 aromatic heterocycles. The van der Waals surface area contributed by atoms with Crippen LogP contribution in [-0.4, -0.2) is 12.1 Å². The zero-order valence-corrected chi connectivity index (χ0v) is 16.1. The number of carbonyl (C=O) groups is 1. The summed E-state index contributed by atoms with van der Waals surface area (Å²) in [5.74, 6) is -0.162. The number of hydrogen-bond donors (Lipinski definition) is 1. The number of rotatable bonds is 4. The maximum atomic E-state index is 12.1. The Morgan fingerprint density at radius 3 is 2.79 bits per heavy atom. The van der Waals surface area contributed by atoms with Crippen molar-refractivity contribution in [2.75, 3.05) is 0 Å². The lowest BCUT2D eigenvalue weighted by Crippen LogP contribution is -2.16. The van der Waals surface area contributed by atoms with Crippen LogP contribution in [0, 0.1) is 3.57 Å². The summed E-state index contributed by atoms with van der Waals surface area (Å²) in [7, 11) is 0. The fourth-order valence-electron chi connectivity index (χ4n) is 2.06. The molecule has 0 fully saturated rings. The van der Waals surface area contributed by atoms with Gasteiger partial charge in [0.1, 0.15) is 5.58 Å². The van der Waals surface area contributed by atoms with Crippen molar-refractivity contribution >= 4 is 67.7 Å². The minimum atomic E-state index is -0.387. The maximum Gasteiger partial charge on any atom is 0.307 e. The number of hydrogen-bond acceptors (Lipinski definition) is 3. The molecule has 2 aromatic carbocycles. The molecule has 0 aliphatic heterocycles. The first-order valence-corrected chi connectivity index (χ1v) is 8.94. The van der Waals surface area contributed by atoms with Crippen molar-refractivity contribution in [1.82, 2.24) is 5.43 Å². The molecule has 0 bridgehead atoms. The number of allylic oxidation sites excluding steroid dienone is 1. The van der Waals surface area contributed by atoms with E-state index in [1.54, 1.807) is 12.1 Å². The van der Waals surface area contributed by atoms with E-state index in [9.17, 15) is 4.79 Å². The number of halogens is 2. The van der Waals surface area contributed by atoms with Gasteiger partial charge in [-0.05, 0) is 68.4 Å². The second-order valence-electron chi connectivity index (χ2n) is 4.90. The van der Waals surface area contributed by atoms with Gasteiger partial charge >= 0.3 is 5.91 Å². The van der Waals surface area contributed by atoms with E-state index in [-0.39, 0.29) is 11.7 Å². The number of carbonyl (C=O) groups excluding carboxylic acids is 1. The Bertz CT molecular complexity index is 894. The Labute approximate surface area is 160 Å². The summed E-state index contributed by atoms with van der Waals surface area (Å²) in [6, 6.07) is 15.3. The fourth-order valence-corrected chi connectivity index (χ4v) is 2.86. The van der Waals surface area contributed by atoms with E-state index < -0.39 is 0 Å². The molecule has 1 heterocycles. The van der Waals surface area contributed by atoms with Crippen LogP contribution < -0.4 is 5.43 Å². The molecule has 0 radical (unpaired) electrons. The van der Waals surface area contributed by atoms with Gasteiger partial charge in [-0.2, -0.15) is 5.10 Å². The molecule has 0 saturated heterocycles. The number of hydrazone groups is 1. The van der Waals surface area contributed by atoms with Crippen LogP contribution in [0.3, 0.4) is 0 Å². The van der Waals surface area contributed by atoms with E-state index in [4.69, 9.17) is 4.42 Å². The van der Waals surface area contributed by atoms with E-state index in [1.807, 2.05) is 48.5 Å². The summed E-state index contributed by atoms with van der Waals surface area (Å²) in [4.78, 5) is 12.1. The predicted molar refractivity (Wildman–Crippen MR) is 108 cm³/mol. The van der Waals surface area contributed by atoms with Crippen LogP contribution >= 0.6 is 38.5 Å². The van der Waals surface area contributed by atoms with Gasteiger partial charge in [-0.15, -0.1) is 0 Å². The number of amides is 1. The third-order valence-corrected chi connectivity index (χ3v) is 5.49. The second kappa shape index (κ2) is 7.76. The van der Waals surface area contributed by atoms with Crippen LogP contribution in [0.2, 0.25) is 0 Å². The highest BCUT2D eigenvalue weighted by Crippen LogP contribution is 2.28. The van der Waals surface area contributed by atoms with Gasteiger partial charge in [-0.3, -0.25) is 4.79 Å². The second-order valence-corrected chi connectivity index (χ2v) is 6.92. The molecule has 0 spiro atoms. The summed E-state index contributed by atoms with van der Waals surface area (Å²) >= 11 is 5.66. The minimum absolute atomic E-state index is 0.225. The monoisotopic (exact) mass is 494 g/mol. The smallest absolute Gasteiger partial charge is 0.307 e. The van der Waals surface area contributed by atoms with E-state index in [0.29, 0.717) is 5.58 Å². The number of furan rings is 1. The molecule has 3 rings (SSSR count). The van der Waals surface area contributed by atoms with Crippen molar-refractivity contribution in [2.24, 2.45) is 5.10 Å². The number of nitrogens with one attached hydrogen (secondary N) is 1. The zero-order valence-electron chi connectivity index (χ0n) is 12.4. The van der Waals surface area contributed by atoms with Crippen molar-refractivity contribution in [3.8, 4) is 0 Å². The first-order chi connectivity index (χ1) is 11.6. The highest BCUT2D eigenvalue weighted by molar-refractivity contribution is 14.1. The lowest BCUT2D eigenvalue weighted by molar-refractivity contribution is 0.0929. The van der Waals surface area contributed by atoms with E-state index in [1.165, 1.54) is 6.21 Å². The first-order valence-electron chi connectivity index (χ1n) is 7.07. The molecule has 0 aliphatic rings. The number of fused-ring (bicyclic) bond motifs is 1. The lowest BCUT2D eigenvalue weighted by Gasteiger charge is -1.94. The van der Waals surface area contributed by atoms with Gasteiger partial charge in [-0.25, -0.2) is 5.43 Å². The van der Waals surface area contributed by atoms with E-state index in [2.05, 4.69) is 49.0 Å². The molecule has 24 heavy (non-hydrogen) atoms. The predicted octanol–water partition coefficient (Wildman–Crippen LogP) is 5.23. The highest BCUT2D eigenvalue weighted by atomic mass is 127. The van der Waals surface area contributed by atoms with E-state index >= 15 is 0 Å². The Morgan fingerprint density at radius 1 is 1.21 bits per heavy atom. The van der Waals surface area contributed by atoms with Gasteiger partial charge in [-0.1, -0.05) is 36.4 Å². The molecule has 0 saturated carbocycles. The number of nitrogens with zero attached hydrogens (tertiary/aromatic N) is 1.